The number of nitrogens with one attached hydrogen (secondary N) is 1. The molecule has 1 saturated heterocycles. The van der Waals surface area contributed by atoms with Gasteiger partial charge < -0.3 is 19.7 Å². The molecule has 1 aliphatic carbocycles. The van der Waals surface area contributed by atoms with Gasteiger partial charge in [-0.2, -0.15) is 0 Å². The van der Waals surface area contributed by atoms with Gasteiger partial charge in [-0.1, -0.05) is 38.8 Å². The Balaban J connectivity index is 1.65. The summed E-state index contributed by atoms with van der Waals surface area (Å²) in [7, 11) is 3.24. The fourth-order valence-corrected chi connectivity index (χ4v) is 5.27. The van der Waals surface area contributed by atoms with Crippen LogP contribution in [0.2, 0.25) is 0 Å². The second-order valence-electron chi connectivity index (χ2n) is 9.37. The molecule has 176 valence electrons. The van der Waals surface area contributed by atoms with E-state index in [4.69, 9.17) is 9.47 Å². The van der Waals surface area contributed by atoms with Crippen molar-refractivity contribution in [2.24, 2.45) is 17.8 Å². The van der Waals surface area contributed by atoms with Crippen LogP contribution in [-0.4, -0.2) is 32.1 Å². The second kappa shape index (κ2) is 9.86. The summed E-state index contributed by atoms with van der Waals surface area (Å²) in [4.78, 5) is 28.6. The van der Waals surface area contributed by atoms with Crippen LogP contribution in [0.15, 0.2) is 48.5 Å². The topological polar surface area (TPSA) is 67.9 Å². The first-order valence-corrected chi connectivity index (χ1v) is 11.8. The summed E-state index contributed by atoms with van der Waals surface area (Å²) in [6.45, 7) is 4.48. The number of amides is 2. The molecule has 1 aliphatic heterocycles. The molecule has 4 rings (SSSR count). The maximum Gasteiger partial charge on any atom is 0.228 e. The first kappa shape index (κ1) is 23.1. The van der Waals surface area contributed by atoms with Gasteiger partial charge in [0.15, 0.2) is 0 Å². The third-order valence-electron chi connectivity index (χ3n) is 7.50. The molecule has 6 nitrogen and oxygen atoms in total. The third-order valence-corrected chi connectivity index (χ3v) is 7.50. The van der Waals surface area contributed by atoms with E-state index in [1.54, 1.807) is 19.1 Å². The van der Waals surface area contributed by atoms with Crippen molar-refractivity contribution in [1.29, 1.82) is 0 Å². The normalized spacial score (nSPS) is 27.3. The molecule has 0 bridgehead atoms. The molecule has 5 unspecified atom stereocenters. The minimum Gasteiger partial charge on any atom is -0.497 e. The van der Waals surface area contributed by atoms with E-state index < -0.39 is 5.92 Å². The first-order valence-electron chi connectivity index (χ1n) is 11.8. The van der Waals surface area contributed by atoms with E-state index in [9.17, 15) is 9.59 Å². The SMILES string of the molecule is COc1ccc(C2C(C(=O)NC3CCCC(C)C3C)CC(=O)N2c2ccc(OC)cc2)cc1. The van der Waals surface area contributed by atoms with Crippen LogP contribution >= 0.6 is 0 Å². The average Bonchev–Trinajstić information content (AvgIpc) is 3.19. The van der Waals surface area contributed by atoms with Gasteiger partial charge in [0.25, 0.3) is 0 Å². The van der Waals surface area contributed by atoms with Crippen LogP contribution in [0.25, 0.3) is 0 Å². The zero-order chi connectivity index (χ0) is 23.5. The molecule has 2 aromatic carbocycles. The monoisotopic (exact) mass is 450 g/mol. The Hall–Kier alpha value is -3.02. The molecule has 1 N–H and O–H groups in total. The van der Waals surface area contributed by atoms with Gasteiger partial charge in [0, 0.05) is 18.2 Å². The van der Waals surface area contributed by atoms with Crippen LogP contribution in [0.1, 0.15) is 51.1 Å². The van der Waals surface area contributed by atoms with Gasteiger partial charge in [0.2, 0.25) is 11.8 Å². The van der Waals surface area contributed by atoms with E-state index in [1.807, 2.05) is 48.5 Å². The number of anilines is 1. The van der Waals surface area contributed by atoms with Crippen molar-refractivity contribution in [2.75, 3.05) is 19.1 Å². The molecule has 2 aliphatic rings. The molecular formula is C27H34N2O4. The van der Waals surface area contributed by atoms with E-state index in [2.05, 4.69) is 19.2 Å². The van der Waals surface area contributed by atoms with Crippen molar-refractivity contribution in [1.82, 2.24) is 5.32 Å². The van der Waals surface area contributed by atoms with E-state index in [1.165, 1.54) is 6.42 Å². The number of ether oxygens (including phenoxy) is 2. The Morgan fingerprint density at radius 1 is 0.939 bits per heavy atom. The molecule has 1 heterocycles. The maximum atomic E-state index is 13.6. The first-order chi connectivity index (χ1) is 15.9. The number of nitrogens with zero attached hydrogens (tertiary/aromatic N) is 1. The van der Waals surface area contributed by atoms with Crippen LogP contribution in [0.5, 0.6) is 11.5 Å². The number of hydrogen-bond acceptors (Lipinski definition) is 4. The Morgan fingerprint density at radius 3 is 2.15 bits per heavy atom. The van der Waals surface area contributed by atoms with E-state index in [-0.39, 0.29) is 30.3 Å². The van der Waals surface area contributed by atoms with Gasteiger partial charge >= 0.3 is 0 Å². The number of methoxy groups -OCH3 is 2. The summed E-state index contributed by atoms with van der Waals surface area (Å²) in [6.07, 6.45) is 3.51. The lowest BCUT2D eigenvalue weighted by Gasteiger charge is -2.36. The molecule has 2 aromatic rings. The average molecular weight is 451 g/mol. The summed E-state index contributed by atoms with van der Waals surface area (Å²) < 4.78 is 10.6. The highest BCUT2D eigenvalue weighted by Gasteiger charge is 2.46. The van der Waals surface area contributed by atoms with Crippen LogP contribution in [0.3, 0.4) is 0 Å². The lowest BCUT2D eigenvalue weighted by atomic mass is 9.77. The maximum absolute atomic E-state index is 13.6. The minimum absolute atomic E-state index is 0.0360. The third kappa shape index (κ3) is 4.70. The quantitative estimate of drug-likeness (QED) is 0.690. The highest BCUT2D eigenvalue weighted by atomic mass is 16.5. The fraction of sp³-hybridized carbons (Fsp3) is 0.481. The molecular weight excluding hydrogens is 416 g/mol. The van der Waals surface area contributed by atoms with Crippen LogP contribution < -0.4 is 19.7 Å². The Morgan fingerprint density at radius 2 is 1.55 bits per heavy atom. The number of carbonyl (C=O) groups excluding carboxylic acids is 2. The van der Waals surface area contributed by atoms with E-state index >= 15 is 0 Å². The number of rotatable bonds is 6. The predicted molar refractivity (Wildman–Crippen MR) is 128 cm³/mol. The molecule has 0 aromatic heterocycles. The van der Waals surface area contributed by atoms with Crippen LogP contribution in [0, 0.1) is 17.8 Å². The summed E-state index contributed by atoms with van der Waals surface area (Å²) in [5, 5.41) is 3.31. The molecule has 0 spiro atoms. The fourth-order valence-electron chi connectivity index (χ4n) is 5.27. The standard InChI is InChI=1S/C27H34N2O4/c1-17-6-5-7-24(18(17)2)28-27(31)23-16-25(30)29(20-10-14-22(33-4)15-11-20)26(23)19-8-12-21(32-3)13-9-19/h8-15,17-18,23-24,26H,5-7,16H2,1-4H3,(H,28,31). The van der Waals surface area contributed by atoms with Crippen molar-refractivity contribution < 1.29 is 19.1 Å². The molecule has 5 atom stereocenters. The zero-order valence-corrected chi connectivity index (χ0v) is 19.9. The summed E-state index contributed by atoms with van der Waals surface area (Å²) >= 11 is 0. The van der Waals surface area contributed by atoms with Crippen molar-refractivity contribution in [3.63, 3.8) is 0 Å². The zero-order valence-electron chi connectivity index (χ0n) is 19.9. The summed E-state index contributed by atoms with van der Waals surface area (Å²) in [5.74, 6) is 1.93. The lowest BCUT2D eigenvalue weighted by molar-refractivity contribution is -0.128. The van der Waals surface area contributed by atoms with E-state index in [0.29, 0.717) is 11.8 Å². The Bertz CT molecular complexity index is 973. The van der Waals surface area contributed by atoms with Crippen molar-refractivity contribution in [2.45, 2.75) is 51.6 Å². The molecule has 6 heteroatoms. The van der Waals surface area contributed by atoms with Crippen LogP contribution in [-0.2, 0) is 9.59 Å². The van der Waals surface area contributed by atoms with Gasteiger partial charge in [-0.05, 0) is 60.2 Å². The van der Waals surface area contributed by atoms with E-state index in [0.717, 1.165) is 35.6 Å². The molecule has 1 saturated carbocycles. The molecule has 2 fully saturated rings. The van der Waals surface area contributed by atoms with Gasteiger partial charge in [0.05, 0.1) is 26.2 Å². The van der Waals surface area contributed by atoms with Gasteiger partial charge in [-0.3, -0.25) is 9.59 Å². The molecule has 33 heavy (non-hydrogen) atoms. The Kier molecular flexibility index (Phi) is 6.91. The van der Waals surface area contributed by atoms with Crippen LogP contribution in [0.4, 0.5) is 5.69 Å². The molecule has 2 amide bonds. The van der Waals surface area contributed by atoms with Gasteiger partial charge in [-0.15, -0.1) is 0 Å². The van der Waals surface area contributed by atoms with Gasteiger partial charge in [0.1, 0.15) is 11.5 Å². The highest BCUT2D eigenvalue weighted by molar-refractivity contribution is 6.01. The summed E-state index contributed by atoms with van der Waals surface area (Å²) in [6, 6.07) is 14.9. The Labute approximate surface area is 196 Å². The van der Waals surface area contributed by atoms with Crippen molar-refractivity contribution in [3.8, 4) is 11.5 Å². The predicted octanol–water partition coefficient (Wildman–Crippen LogP) is 4.74. The largest absolute Gasteiger partial charge is 0.497 e. The minimum atomic E-state index is -0.461. The molecule has 0 radical (unpaired) electrons. The second-order valence-corrected chi connectivity index (χ2v) is 9.37. The number of benzene rings is 2. The number of hydrogen-bond donors (Lipinski definition) is 1. The van der Waals surface area contributed by atoms with Crippen molar-refractivity contribution in [3.05, 3.63) is 54.1 Å². The highest BCUT2D eigenvalue weighted by Crippen LogP contribution is 2.42. The smallest absolute Gasteiger partial charge is 0.228 e. The summed E-state index contributed by atoms with van der Waals surface area (Å²) in [5.41, 5.74) is 1.68. The van der Waals surface area contributed by atoms with Crippen molar-refractivity contribution >= 4 is 17.5 Å². The number of carbonyl (C=O) groups is 2. The van der Waals surface area contributed by atoms with Gasteiger partial charge in [-0.25, -0.2) is 0 Å². The lowest BCUT2D eigenvalue weighted by Crippen LogP contribution is -2.46.